The largest absolute Gasteiger partial charge is 0.480 e. The number of aliphatic carboxylic acids is 1. The lowest BCUT2D eigenvalue weighted by molar-refractivity contribution is -0.138. The van der Waals surface area contributed by atoms with Gasteiger partial charge in [0.15, 0.2) is 0 Å². The fourth-order valence-electron chi connectivity index (χ4n) is 0.725. The highest BCUT2D eigenvalue weighted by atomic mass is 16.4. The van der Waals surface area contributed by atoms with Gasteiger partial charge in [-0.25, -0.2) is 0 Å². The number of aryl methyl sites for hydroxylation is 1. The van der Waals surface area contributed by atoms with E-state index >= 15 is 0 Å². The van der Waals surface area contributed by atoms with E-state index in [1.165, 1.54) is 4.68 Å². The van der Waals surface area contributed by atoms with E-state index in [1.807, 2.05) is 0 Å². The quantitative estimate of drug-likeness (QED) is 0.603. The molecule has 0 saturated heterocycles. The van der Waals surface area contributed by atoms with Crippen LogP contribution in [0.3, 0.4) is 0 Å². The molecule has 0 saturated carbocycles. The molecule has 1 aromatic heterocycles. The van der Waals surface area contributed by atoms with Crippen LogP contribution in [0, 0.1) is 0 Å². The summed E-state index contributed by atoms with van der Waals surface area (Å²) in [6.45, 7) is 0. The van der Waals surface area contributed by atoms with Crippen molar-refractivity contribution < 1.29 is 9.90 Å². The molecule has 1 rings (SSSR count). The molecular weight excluding hydrogens is 146 g/mol. The van der Waals surface area contributed by atoms with E-state index in [0.29, 0.717) is 5.69 Å². The molecule has 1 aromatic rings. The molecule has 5 nitrogen and oxygen atoms in total. The third kappa shape index (κ3) is 1.56. The molecule has 5 heteroatoms. The first-order valence-electron chi connectivity index (χ1n) is 3.09. The average Bonchev–Trinajstić information content (AvgIpc) is 2.34. The molecule has 0 unspecified atom stereocenters. The Morgan fingerprint density at radius 1 is 1.91 bits per heavy atom. The van der Waals surface area contributed by atoms with Crippen LogP contribution in [0.1, 0.15) is 11.7 Å². The summed E-state index contributed by atoms with van der Waals surface area (Å²) in [7, 11) is 1.71. The Morgan fingerprint density at radius 2 is 2.55 bits per heavy atom. The van der Waals surface area contributed by atoms with Gasteiger partial charge in [0.25, 0.3) is 0 Å². The first-order valence-corrected chi connectivity index (χ1v) is 3.09. The Morgan fingerprint density at radius 3 is 2.91 bits per heavy atom. The number of hydrogen-bond acceptors (Lipinski definition) is 3. The third-order valence-corrected chi connectivity index (χ3v) is 1.32. The van der Waals surface area contributed by atoms with Crippen molar-refractivity contribution in [3.63, 3.8) is 0 Å². The topological polar surface area (TPSA) is 81.1 Å². The normalized spacial score (nSPS) is 12.9. The van der Waals surface area contributed by atoms with Crippen LogP contribution in [0.2, 0.25) is 0 Å². The second-order valence-electron chi connectivity index (χ2n) is 2.23. The number of carboxylic acids is 1. The molecular formula is C6H9N3O2. The summed E-state index contributed by atoms with van der Waals surface area (Å²) in [4.78, 5) is 10.3. The SMILES string of the molecule is Cn1ccc([C@@H](N)C(=O)O)n1. The molecule has 0 spiro atoms. The lowest BCUT2D eigenvalue weighted by atomic mass is 10.2. The van der Waals surface area contributed by atoms with Gasteiger partial charge in [0.2, 0.25) is 0 Å². The van der Waals surface area contributed by atoms with Crippen LogP contribution in [0.25, 0.3) is 0 Å². The van der Waals surface area contributed by atoms with Gasteiger partial charge in [-0.15, -0.1) is 0 Å². The van der Waals surface area contributed by atoms with E-state index in [2.05, 4.69) is 5.10 Å². The minimum absolute atomic E-state index is 0.375. The van der Waals surface area contributed by atoms with Crippen molar-refractivity contribution >= 4 is 5.97 Å². The zero-order valence-electron chi connectivity index (χ0n) is 6.06. The maximum Gasteiger partial charge on any atom is 0.326 e. The monoisotopic (exact) mass is 155 g/mol. The Balaban J connectivity index is 2.84. The number of rotatable bonds is 2. The molecule has 0 aliphatic heterocycles. The van der Waals surface area contributed by atoms with Crippen LogP contribution in [-0.2, 0) is 11.8 Å². The van der Waals surface area contributed by atoms with E-state index in [-0.39, 0.29) is 0 Å². The molecule has 0 aliphatic carbocycles. The van der Waals surface area contributed by atoms with Crippen molar-refractivity contribution in [2.45, 2.75) is 6.04 Å². The first kappa shape index (κ1) is 7.74. The smallest absolute Gasteiger partial charge is 0.326 e. The fourth-order valence-corrected chi connectivity index (χ4v) is 0.725. The van der Waals surface area contributed by atoms with Crippen molar-refractivity contribution in [3.05, 3.63) is 18.0 Å². The molecule has 0 aliphatic rings. The van der Waals surface area contributed by atoms with E-state index in [1.54, 1.807) is 19.3 Å². The molecule has 60 valence electrons. The first-order chi connectivity index (χ1) is 5.11. The predicted octanol–water partition coefficient (Wildman–Crippen LogP) is -0.496. The third-order valence-electron chi connectivity index (χ3n) is 1.32. The summed E-state index contributed by atoms with van der Waals surface area (Å²) >= 11 is 0. The molecule has 0 bridgehead atoms. The summed E-state index contributed by atoms with van der Waals surface area (Å²) in [5.74, 6) is -1.07. The van der Waals surface area contributed by atoms with Gasteiger partial charge in [-0.1, -0.05) is 0 Å². The highest BCUT2D eigenvalue weighted by Gasteiger charge is 2.15. The number of aromatic nitrogens is 2. The lowest BCUT2D eigenvalue weighted by Gasteiger charge is -1.99. The average molecular weight is 155 g/mol. The summed E-state index contributed by atoms with van der Waals surface area (Å²) in [5.41, 5.74) is 5.65. The highest BCUT2D eigenvalue weighted by Crippen LogP contribution is 2.05. The Hall–Kier alpha value is -1.36. The Labute approximate surface area is 63.4 Å². The van der Waals surface area contributed by atoms with Crippen molar-refractivity contribution in [3.8, 4) is 0 Å². The van der Waals surface area contributed by atoms with Crippen LogP contribution in [0.5, 0.6) is 0 Å². The summed E-state index contributed by atoms with van der Waals surface area (Å²) in [6.07, 6.45) is 1.65. The van der Waals surface area contributed by atoms with Gasteiger partial charge in [-0.05, 0) is 6.07 Å². The summed E-state index contributed by atoms with van der Waals surface area (Å²) in [5, 5.41) is 12.3. The molecule has 0 fully saturated rings. The molecule has 1 heterocycles. The second-order valence-corrected chi connectivity index (χ2v) is 2.23. The second kappa shape index (κ2) is 2.71. The van der Waals surface area contributed by atoms with Crippen LogP contribution in [0.4, 0.5) is 0 Å². The van der Waals surface area contributed by atoms with Gasteiger partial charge in [0.05, 0.1) is 5.69 Å². The Bertz CT molecular complexity index is 269. The molecule has 0 aromatic carbocycles. The standard InChI is InChI=1S/C6H9N3O2/c1-9-3-2-4(8-9)5(7)6(10)11/h2-3,5H,7H2,1H3,(H,10,11)/t5-/m1/s1. The number of nitrogens with two attached hydrogens (primary N) is 1. The van der Waals surface area contributed by atoms with Crippen LogP contribution < -0.4 is 5.73 Å². The van der Waals surface area contributed by atoms with E-state index in [9.17, 15) is 4.79 Å². The van der Waals surface area contributed by atoms with Gasteiger partial charge in [0.1, 0.15) is 6.04 Å². The van der Waals surface area contributed by atoms with Crippen LogP contribution in [0.15, 0.2) is 12.3 Å². The summed E-state index contributed by atoms with van der Waals surface area (Å²) in [6, 6.07) is 0.565. The van der Waals surface area contributed by atoms with Gasteiger partial charge in [-0.3, -0.25) is 9.48 Å². The van der Waals surface area contributed by atoms with E-state index in [4.69, 9.17) is 10.8 Å². The minimum atomic E-state index is -1.07. The minimum Gasteiger partial charge on any atom is -0.480 e. The van der Waals surface area contributed by atoms with Gasteiger partial charge >= 0.3 is 5.97 Å². The highest BCUT2D eigenvalue weighted by molar-refractivity contribution is 5.74. The maximum absolute atomic E-state index is 10.3. The fraction of sp³-hybridized carbons (Fsp3) is 0.333. The van der Waals surface area contributed by atoms with Gasteiger partial charge in [0, 0.05) is 13.2 Å². The number of hydrogen-bond donors (Lipinski definition) is 2. The molecule has 0 amide bonds. The predicted molar refractivity (Wildman–Crippen MR) is 37.8 cm³/mol. The molecule has 0 radical (unpaired) electrons. The van der Waals surface area contributed by atoms with E-state index in [0.717, 1.165) is 0 Å². The molecule has 3 N–H and O–H groups in total. The number of carbonyl (C=O) groups is 1. The van der Waals surface area contributed by atoms with Crippen molar-refractivity contribution in [1.82, 2.24) is 9.78 Å². The molecule has 11 heavy (non-hydrogen) atoms. The lowest BCUT2D eigenvalue weighted by Crippen LogP contribution is -2.21. The van der Waals surface area contributed by atoms with Crippen molar-refractivity contribution in [2.24, 2.45) is 12.8 Å². The van der Waals surface area contributed by atoms with Crippen molar-refractivity contribution in [1.29, 1.82) is 0 Å². The Kier molecular flexibility index (Phi) is 1.91. The maximum atomic E-state index is 10.3. The van der Waals surface area contributed by atoms with Gasteiger partial charge in [-0.2, -0.15) is 5.10 Å². The van der Waals surface area contributed by atoms with Crippen LogP contribution >= 0.6 is 0 Å². The van der Waals surface area contributed by atoms with Crippen LogP contribution in [-0.4, -0.2) is 20.9 Å². The summed E-state index contributed by atoms with van der Waals surface area (Å²) < 4.78 is 1.51. The van der Waals surface area contributed by atoms with E-state index < -0.39 is 12.0 Å². The molecule has 1 atom stereocenters. The van der Waals surface area contributed by atoms with Gasteiger partial charge < -0.3 is 10.8 Å². The van der Waals surface area contributed by atoms with Crippen molar-refractivity contribution in [2.75, 3.05) is 0 Å². The zero-order chi connectivity index (χ0) is 8.43. The zero-order valence-corrected chi connectivity index (χ0v) is 6.06. The number of carboxylic acid groups (broad SMARTS) is 1. The number of nitrogens with zero attached hydrogens (tertiary/aromatic N) is 2.